The number of unbranched alkanes of at least 4 members (excludes halogenated alkanes) is 3. The van der Waals surface area contributed by atoms with E-state index in [1.54, 1.807) is 0 Å². The molecule has 0 bridgehead atoms. The van der Waals surface area contributed by atoms with Gasteiger partial charge in [-0.2, -0.15) is 0 Å². The Hall–Kier alpha value is -0.0400. The van der Waals surface area contributed by atoms with Gasteiger partial charge in [0.25, 0.3) is 0 Å². The van der Waals surface area contributed by atoms with Crippen LogP contribution in [-0.4, -0.2) is 11.7 Å². The molecule has 0 saturated carbocycles. The van der Waals surface area contributed by atoms with E-state index in [1.807, 2.05) is 0 Å². The fourth-order valence-electron chi connectivity index (χ4n) is 1.79. The molecule has 0 fully saturated rings. The molecular weight excluding hydrogens is 160 g/mol. The molecule has 1 unspecified atom stereocenters. The van der Waals surface area contributed by atoms with Gasteiger partial charge in [0.05, 0.1) is 0 Å². The summed E-state index contributed by atoms with van der Waals surface area (Å²) >= 11 is 0. The average Bonchev–Trinajstić information content (AvgIpc) is 2.17. The number of aliphatic hydroxyl groups excluding tert-OH is 1. The molecule has 0 aromatic rings. The van der Waals surface area contributed by atoms with Gasteiger partial charge in [-0.15, -0.1) is 0 Å². The predicted molar refractivity (Wildman–Crippen MR) is 58.9 cm³/mol. The molecule has 1 N–H and O–H groups in total. The highest BCUT2D eigenvalue weighted by Crippen LogP contribution is 2.18. The lowest BCUT2D eigenvalue weighted by Crippen LogP contribution is -2.00. The van der Waals surface area contributed by atoms with E-state index in [0.29, 0.717) is 6.61 Å². The maximum absolute atomic E-state index is 8.72. The molecule has 0 saturated heterocycles. The van der Waals surface area contributed by atoms with Crippen LogP contribution < -0.4 is 0 Å². The summed E-state index contributed by atoms with van der Waals surface area (Å²) in [4.78, 5) is 0. The summed E-state index contributed by atoms with van der Waals surface area (Å²) in [6.45, 7) is 4.89. The maximum Gasteiger partial charge on any atom is 0.0431 e. The second-order valence-electron chi connectivity index (χ2n) is 3.99. The zero-order valence-electron chi connectivity index (χ0n) is 9.39. The van der Waals surface area contributed by atoms with Crippen LogP contribution in [0.2, 0.25) is 0 Å². The molecule has 13 heavy (non-hydrogen) atoms. The lowest BCUT2D eigenvalue weighted by atomic mass is 9.94. The van der Waals surface area contributed by atoms with Gasteiger partial charge in [0, 0.05) is 6.61 Å². The van der Waals surface area contributed by atoms with E-state index < -0.39 is 0 Å². The minimum absolute atomic E-state index is 0.367. The van der Waals surface area contributed by atoms with Crippen LogP contribution in [0.1, 0.15) is 65.2 Å². The first kappa shape index (κ1) is 13.0. The van der Waals surface area contributed by atoms with Crippen molar-refractivity contribution in [1.82, 2.24) is 0 Å². The fraction of sp³-hybridized carbons (Fsp3) is 1.00. The van der Waals surface area contributed by atoms with Gasteiger partial charge in [-0.1, -0.05) is 52.4 Å². The van der Waals surface area contributed by atoms with E-state index in [1.165, 1.54) is 44.9 Å². The van der Waals surface area contributed by atoms with Crippen molar-refractivity contribution in [2.45, 2.75) is 65.2 Å². The first-order chi connectivity index (χ1) is 6.35. The van der Waals surface area contributed by atoms with E-state index >= 15 is 0 Å². The van der Waals surface area contributed by atoms with Crippen LogP contribution in [-0.2, 0) is 0 Å². The maximum atomic E-state index is 8.72. The van der Waals surface area contributed by atoms with E-state index in [-0.39, 0.29) is 0 Å². The molecule has 0 spiro atoms. The smallest absolute Gasteiger partial charge is 0.0431 e. The highest BCUT2D eigenvalue weighted by Gasteiger charge is 2.04. The molecular formula is C12H26O. The summed E-state index contributed by atoms with van der Waals surface area (Å²) in [5.41, 5.74) is 0. The Bertz CT molecular complexity index is 91.1. The van der Waals surface area contributed by atoms with Crippen molar-refractivity contribution in [2.75, 3.05) is 6.61 Å². The second-order valence-corrected chi connectivity index (χ2v) is 3.99. The molecule has 0 rings (SSSR count). The lowest BCUT2D eigenvalue weighted by molar-refractivity contribution is 0.265. The number of rotatable bonds is 9. The van der Waals surface area contributed by atoms with Gasteiger partial charge in [0.2, 0.25) is 0 Å². The Morgan fingerprint density at radius 1 is 0.923 bits per heavy atom. The van der Waals surface area contributed by atoms with E-state index in [9.17, 15) is 0 Å². The van der Waals surface area contributed by atoms with Crippen molar-refractivity contribution in [3.05, 3.63) is 0 Å². The van der Waals surface area contributed by atoms with Crippen LogP contribution in [0.5, 0.6) is 0 Å². The molecule has 1 atom stereocenters. The van der Waals surface area contributed by atoms with Crippen LogP contribution in [0.25, 0.3) is 0 Å². The molecule has 0 amide bonds. The van der Waals surface area contributed by atoms with Crippen molar-refractivity contribution < 1.29 is 5.11 Å². The third-order valence-electron chi connectivity index (χ3n) is 2.81. The zero-order chi connectivity index (χ0) is 9.94. The third-order valence-corrected chi connectivity index (χ3v) is 2.81. The monoisotopic (exact) mass is 186 g/mol. The standard InChI is InChI=1S/C12H26O/c1-3-5-6-7-9-12(4-2)10-8-11-13/h12-13H,3-11H2,1-2H3. The molecule has 1 nitrogen and oxygen atoms in total. The molecule has 0 aromatic heterocycles. The molecule has 0 aromatic carbocycles. The van der Waals surface area contributed by atoms with Crippen molar-refractivity contribution in [1.29, 1.82) is 0 Å². The van der Waals surface area contributed by atoms with Crippen LogP contribution in [0, 0.1) is 5.92 Å². The van der Waals surface area contributed by atoms with Crippen molar-refractivity contribution >= 4 is 0 Å². The lowest BCUT2D eigenvalue weighted by Gasteiger charge is -2.13. The molecule has 0 radical (unpaired) electrons. The molecule has 0 aliphatic heterocycles. The molecule has 0 aliphatic carbocycles. The van der Waals surface area contributed by atoms with Crippen LogP contribution in [0.3, 0.4) is 0 Å². The minimum atomic E-state index is 0.367. The normalized spacial score (nSPS) is 13.2. The number of hydrogen-bond donors (Lipinski definition) is 1. The van der Waals surface area contributed by atoms with Crippen LogP contribution in [0.4, 0.5) is 0 Å². The largest absolute Gasteiger partial charge is 0.396 e. The predicted octanol–water partition coefficient (Wildman–Crippen LogP) is 3.76. The topological polar surface area (TPSA) is 20.2 Å². The average molecular weight is 186 g/mol. The zero-order valence-corrected chi connectivity index (χ0v) is 9.39. The SMILES string of the molecule is CCCCCCC(CC)CCCO. The van der Waals surface area contributed by atoms with Crippen molar-refractivity contribution in [2.24, 2.45) is 5.92 Å². The van der Waals surface area contributed by atoms with Gasteiger partial charge in [-0.25, -0.2) is 0 Å². The number of hydrogen-bond acceptors (Lipinski definition) is 1. The summed E-state index contributed by atoms with van der Waals surface area (Å²) in [6, 6.07) is 0. The van der Waals surface area contributed by atoms with E-state index in [2.05, 4.69) is 13.8 Å². The highest BCUT2D eigenvalue weighted by atomic mass is 16.2. The molecule has 0 aliphatic rings. The summed E-state index contributed by atoms with van der Waals surface area (Å²) in [7, 11) is 0. The van der Waals surface area contributed by atoms with Gasteiger partial charge >= 0.3 is 0 Å². The van der Waals surface area contributed by atoms with E-state index in [4.69, 9.17) is 5.11 Å². The first-order valence-electron chi connectivity index (χ1n) is 5.96. The minimum Gasteiger partial charge on any atom is -0.396 e. The van der Waals surface area contributed by atoms with Crippen molar-refractivity contribution in [3.63, 3.8) is 0 Å². The van der Waals surface area contributed by atoms with Crippen LogP contribution in [0.15, 0.2) is 0 Å². The van der Waals surface area contributed by atoms with Gasteiger partial charge < -0.3 is 5.11 Å². The van der Waals surface area contributed by atoms with Gasteiger partial charge in [-0.05, 0) is 18.8 Å². The Morgan fingerprint density at radius 2 is 1.62 bits per heavy atom. The third kappa shape index (κ3) is 8.29. The molecule has 1 heteroatoms. The Labute approximate surface area is 83.5 Å². The Kier molecular flexibility index (Phi) is 10.0. The van der Waals surface area contributed by atoms with Gasteiger partial charge in [0.1, 0.15) is 0 Å². The molecule has 80 valence electrons. The summed E-state index contributed by atoms with van der Waals surface area (Å²) in [5, 5.41) is 8.72. The summed E-state index contributed by atoms with van der Waals surface area (Å²) in [6.07, 6.45) is 10.4. The first-order valence-corrected chi connectivity index (χ1v) is 5.96. The van der Waals surface area contributed by atoms with E-state index in [0.717, 1.165) is 12.3 Å². The summed E-state index contributed by atoms with van der Waals surface area (Å²) < 4.78 is 0. The Morgan fingerprint density at radius 3 is 2.15 bits per heavy atom. The quantitative estimate of drug-likeness (QED) is 0.544. The van der Waals surface area contributed by atoms with Gasteiger partial charge in [0.15, 0.2) is 0 Å². The summed E-state index contributed by atoms with van der Waals surface area (Å²) in [5.74, 6) is 0.865. The second kappa shape index (κ2) is 10.0. The van der Waals surface area contributed by atoms with Crippen molar-refractivity contribution in [3.8, 4) is 0 Å². The highest BCUT2D eigenvalue weighted by molar-refractivity contribution is 4.57. The van der Waals surface area contributed by atoms with Gasteiger partial charge in [-0.3, -0.25) is 0 Å². The van der Waals surface area contributed by atoms with Crippen LogP contribution >= 0.6 is 0 Å². The number of aliphatic hydroxyl groups is 1. The molecule has 0 heterocycles. The Balaban J connectivity index is 3.25. The fourth-order valence-corrected chi connectivity index (χ4v) is 1.79.